The van der Waals surface area contributed by atoms with E-state index in [1.54, 1.807) is 0 Å². The Kier molecular flexibility index (Phi) is 4.44. The van der Waals surface area contributed by atoms with Crippen LogP contribution in [0.3, 0.4) is 0 Å². The fourth-order valence-corrected chi connectivity index (χ4v) is 3.26. The number of rotatable bonds is 2. The molecule has 1 aliphatic heterocycles. The zero-order valence-electron chi connectivity index (χ0n) is 13.1. The number of halogens is 1. The molecule has 2 aromatic carbocycles. The lowest BCUT2D eigenvalue weighted by molar-refractivity contribution is 0.0747. The Bertz CT molecular complexity index is 704. The zero-order chi connectivity index (χ0) is 16.4. The highest BCUT2D eigenvalue weighted by atomic mass is 35.5. The van der Waals surface area contributed by atoms with Gasteiger partial charge in [0, 0.05) is 31.7 Å². The average Bonchev–Trinajstić information content (AvgIpc) is 2.55. The Labute approximate surface area is 141 Å². The Balaban J connectivity index is 1.70. The van der Waals surface area contributed by atoms with E-state index in [2.05, 4.69) is 4.90 Å². The van der Waals surface area contributed by atoms with Crippen molar-refractivity contribution >= 4 is 28.9 Å². The number of piperazine rings is 1. The number of para-hydroxylation sites is 1. The van der Waals surface area contributed by atoms with Gasteiger partial charge in [0.15, 0.2) is 0 Å². The molecule has 1 saturated heterocycles. The monoisotopic (exact) mass is 329 g/mol. The van der Waals surface area contributed by atoms with Crippen molar-refractivity contribution < 1.29 is 4.79 Å². The molecule has 3 rings (SSSR count). The number of anilines is 2. The highest BCUT2D eigenvalue weighted by Crippen LogP contribution is 2.32. The number of amides is 1. The predicted octanol–water partition coefficient (Wildman–Crippen LogP) is 3.19. The van der Waals surface area contributed by atoms with E-state index in [4.69, 9.17) is 17.3 Å². The molecule has 0 spiro atoms. The summed E-state index contributed by atoms with van der Waals surface area (Å²) < 4.78 is 0. The molecule has 120 valence electrons. The van der Waals surface area contributed by atoms with Gasteiger partial charge in [0.25, 0.3) is 5.91 Å². The van der Waals surface area contributed by atoms with Gasteiger partial charge in [-0.05, 0) is 31.2 Å². The first kappa shape index (κ1) is 15.7. The molecule has 23 heavy (non-hydrogen) atoms. The fraction of sp³-hybridized carbons (Fsp3) is 0.278. The first-order valence-corrected chi connectivity index (χ1v) is 8.09. The number of hydrogen-bond acceptors (Lipinski definition) is 3. The Hall–Kier alpha value is -2.20. The summed E-state index contributed by atoms with van der Waals surface area (Å²) >= 11 is 6.27. The second kappa shape index (κ2) is 6.50. The SMILES string of the molecule is Cc1cccc(C(=O)N2CCN(c3c(N)cccc3Cl)CC2)c1. The maximum atomic E-state index is 12.6. The number of carbonyl (C=O) groups is 1. The molecule has 1 heterocycles. The number of nitrogens with two attached hydrogens (primary N) is 1. The van der Waals surface area contributed by atoms with Crippen LogP contribution >= 0.6 is 11.6 Å². The molecule has 0 aromatic heterocycles. The van der Waals surface area contributed by atoms with Crippen LogP contribution in [0.1, 0.15) is 15.9 Å². The molecule has 1 aliphatic rings. The molecule has 0 atom stereocenters. The van der Waals surface area contributed by atoms with E-state index >= 15 is 0 Å². The Morgan fingerprint density at radius 1 is 1.09 bits per heavy atom. The lowest BCUT2D eigenvalue weighted by Crippen LogP contribution is -2.49. The van der Waals surface area contributed by atoms with Crippen molar-refractivity contribution in [1.29, 1.82) is 0 Å². The zero-order valence-corrected chi connectivity index (χ0v) is 13.9. The maximum Gasteiger partial charge on any atom is 0.253 e. The van der Waals surface area contributed by atoms with Crippen molar-refractivity contribution in [2.24, 2.45) is 0 Å². The van der Waals surface area contributed by atoms with Gasteiger partial charge in [-0.1, -0.05) is 35.4 Å². The lowest BCUT2D eigenvalue weighted by atomic mass is 10.1. The normalized spacial score (nSPS) is 14.9. The summed E-state index contributed by atoms with van der Waals surface area (Å²) in [7, 11) is 0. The molecule has 0 radical (unpaired) electrons. The standard InChI is InChI=1S/C18H20ClN3O/c1-13-4-2-5-14(12-13)18(23)22-10-8-21(9-11-22)17-15(19)6-3-7-16(17)20/h2-7,12H,8-11,20H2,1H3. The number of aryl methyl sites for hydroxylation is 1. The molecular weight excluding hydrogens is 310 g/mol. The molecule has 4 nitrogen and oxygen atoms in total. The third kappa shape index (κ3) is 3.27. The molecule has 1 fully saturated rings. The van der Waals surface area contributed by atoms with Gasteiger partial charge in [0.2, 0.25) is 0 Å². The van der Waals surface area contributed by atoms with Crippen molar-refractivity contribution in [1.82, 2.24) is 4.90 Å². The molecule has 1 amide bonds. The first-order chi connectivity index (χ1) is 11.1. The van der Waals surface area contributed by atoms with Crippen LogP contribution in [-0.4, -0.2) is 37.0 Å². The van der Waals surface area contributed by atoms with Crippen molar-refractivity contribution in [2.75, 3.05) is 36.8 Å². The van der Waals surface area contributed by atoms with Gasteiger partial charge in [0.1, 0.15) is 0 Å². The van der Waals surface area contributed by atoms with E-state index in [9.17, 15) is 4.79 Å². The van der Waals surface area contributed by atoms with Crippen molar-refractivity contribution in [3.63, 3.8) is 0 Å². The van der Waals surface area contributed by atoms with Crippen LogP contribution < -0.4 is 10.6 Å². The summed E-state index contributed by atoms with van der Waals surface area (Å²) in [6.07, 6.45) is 0. The number of nitrogen functional groups attached to an aromatic ring is 1. The lowest BCUT2D eigenvalue weighted by Gasteiger charge is -2.37. The van der Waals surface area contributed by atoms with Gasteiger partial charge in [-0.15, -0.1) is 0 Å². The first-order valence-electron chi connectivity index (χ1n) is 7.71. The summed E-state index contributed by atoms with van der Waals surface area (Å²) in [4.78, 5) is 16.6. The minimum absolute atomic E-state index is 0.0838. The molecule has 0 aliphatic carbocycles. The van der Waals surface area contributed by atoms with E-state index in [0.717, 1.165) is 29.9 Å². The van der Waals surface area contributed by atoms with Gasteiger partial charge < -0.3 is 15.5 Å². The van der Waals surface area contributed by atoms with E-state index in [1.807, 2.05) is 54.3 Å². The van der Waals surface area contributed by atoms with E-state index < -0.39 is 0 Å². The van der Waals surface area contributed by atoms with Crippen LogP contribution in [0.4, 0.5) is 11.4 Å². The second-order valence-corrected chi connectivity index (χ2v) is 6.23. The van der Waals surface area contributed by atoms with E-state index in [0.29, 0.717) is 23.8 Å². The largest absolute Gasteiger partial charge is 0.397 e. The summed E-state index contributed by atoms with van der Waals surface area (Å²) in [5, 5.41) is 0.656. The predicted molar refractivity (Wildman–Crippen MR) is 95.2 cm³/mol. The molecule has 2 N–H and O–H groups in total. The number of carbonyl (C=O) groups excluding carboxylic acids is 1. The van der Waals surface area contributed by atoms with Gasteiger partial charge >= 0.3 is 0 Å². The maximum absolute atomic E-state index is 12.6. The summed E-state index contributed by atoms with van der Waals surface area (Å²) in [6.45, 7) is 4.78. The average molecular weight is 330 g/mol. The second-order valence-electron chi connectivity index (χ2n) is 5.83. The minimum Gasteiger partial charge on any atom is -0.397 e. The molecule has 0 unspecified atom stereocenters. The van der Waals surface area contributed by atoms with Crippen molar-refractivity contribution in [3.05, 3.63) is 58.6 Å². The van der Waals surface area contributed by atoms with E-state index in [-0.39, 0.29) is 5.91 Å². The molecule has 0 saturated carbocycles. The molecule has 2 aromatic rings. The third-order valence-electron chi connectivity index (χ3n) is 4.17. The van der Waals surface area contributed by atoms with Crippen LogP contribution in [0.15, 0.2) is 42.5 Å². The Morgan fingerprint density at radius 2 is 1.78 bits per heavy atom. The number of hydrogen-bond donors (Lipinski definition) is 1. The number of nitrogens with zero attached hydrogens (tertiary/aromatic N) is 2. The number of benzene rings is 2. The van der Waals surface area contributed by atoms with E-state index in [1.165, 1.54) is 0 Å². The smallest absolute Gasteiger partial charge is 0.253 e. The topological polar surface area (TPSA) is 49.6 Å². The van der Waals surface area contributed by atoms with Crippen LogP contribution in [0, 0.1) is 6.92 Å². The summed E-state index contributed by atoms with van der Waals surface area (Å²) in [6, 6.07) is 13.3. The van der Waals surface area contributed by atoms with Crippen molar-refractivity contribution in [3.8, 4) is 0 Å². The van der Waals surface area contributed by atoms with Gasteiger partial charge in [-0.3, -0.25) is 4.79 Å². The molecule has 5 heteroatoms. The van der Waals surface area contributed by atoms with Crippen LogP contribution in [0.25, 0.3) is 0 Å². The molecule has 0 bridgehead atoms. The summed E-state index contributed by atoms with van der Waals surface area (Å²) in [5.74, 6) is 0.0838. The quantitative estimate of drug-likeness (QED) is 0.861. The van der Waals surface area contributed by atoms with Crippen LogP contribution in [0.5, 0.6) is 0 Å². The van der Waals surface area contributed by atoms with Gasteiger partial charge in [0.05, 0.1) is 16.4 Å². The van der Waals surface area contributed by atoms with Gasteiger partial charge in [-0.2, -0.15) is 0 Å². The highest BCUT2D eigenvalue weighted by Gasteiger charge is 2.24. The molecular formula is C18H20ClN3O. The van der Waals surface area contributed by atoms with Crippen molar-refractivity contribution in [2.45, 2.75) is 6.92 Å². The summed E-state index contributed by atoms with van der Waals surface area (Å²) in [5.41, 5.74) is 9.44. The highest BCUT2D eigenvalue weighted by molar-refractivity contribution is 6.34. The van der Waals surface area contributed by atoms with Crippen LogP contribution in [-0.2, 0) is 0 Å². The third-order valence-corrected chi connectivity index (χ3v) is 4.47. The fourth-order valence-electron chi connectivity index (χ4n) is 2.96. The van der Waals surface area contributed by atoms with Gasteiger partial charge in [-0.25, -0.2) is 0 Å². The minimum atomic E-state index is 0.0838. The van der Waals surface area contributed by atoms with Crippen LogP contribution in [0.2, 0.25) is 5.02 Å². The Morgan fingerprint density at radius 3 is 2.43 bits per heavy atom.